The lowest BCUT2D eigenvalue weighted by Crippen LogP contribution is -2.36. The van der Waals surface area contributed by atoms with Gasteiger partial charge in [0.2, 0.25) is 0 Å². The molecule has 0 aromatic carbocycles. The smallest absolute Gasteiger partial charge is 0.0228 e. The van der Waals surface area contributed by atoms with E-state index in [0.717, 1.165) is 35.5 Å². The first kappa shape index (κ1) is 13.5. The van der Waals surface area contributed by atoms with E-state index in [0.29, 0.717) is 5.92 Å². The molecule has 0 heterocycles. The molecule has 3 saturated carbocycles. The number of terminal acetylenes is 1. The average molecular weight is 258 g/mol. The van der Waals surface area contributed by atoms with Gasteiger partial charge in [0.25, 0.3) is 0 Å². The summed E-state index contributed by atoms with van der Waals surface area (Å²) in [4.78, 5) is 0. The summed E-state index contributed by atoms with van der Waals surface area (Å²) in [5, 5.41) is 0. The van der Waals surface area contributed by atoms with Gasteiger partial charge in [-0.25, -0.2) is 0 Å². The van der Waals surface area contributed by atoms with Crippen molar-refractivity contribution in [1.82, 2.24) is 0 Å². The van der Waals surface area contributed by atoms with Gasteiger partial charge in [0.1, 0.15) is 0 Å². The molecule has 0 aromatic heterocycles. The van der Waals surface area contributed by atoms with Crippen LogP contribution < -0.4 is 0 Å². The lowest BCUT2D eigenvalue weighted by atomic mass is 9.60. The summed E-state index contributed by atoms with van der Waals surface area (Å²) < 4.78 is 0. The van der Waals surface area contributed by atoms with Crippen LogP contribution in [0.5, 0.6) is 0 Å². The van der Waals surface area contributed by atoms with Gasteiger partial charge in [-0.2, -0.15) is 0 Å². The zero-order valence-electron chi connectivity index (χ0n) is 12.8. The molecule has 0 amide bonds. The summed E-state index contributed by atoms with van der Waals surface area (Å²) in [6.45, 7) is 4.83. The van der Waals surface area contributed by atoms with Crippen LogP contribution in [-0.4, -0.2) is 0 Å². The molecule has 0 N–H and O–H groups in total. The number of fused-ring (bicyclic) bond motifs is 1. The van der Waals surface area contributed by atoms with Gasteiger partial charge in [0.05, 0.1) is 0 Å². The second kappa shape index (κ2) is 5.51. The molecule has 3 aliphatic carbocycles. The highest BCUT2D eigenvalue weighted by molar-refractivity contribution is 5.01. The van der Waals surface area contributed by atoms with Gasteiger partial charge in [-0.1, -0.05) is 20.3 Å². The summed E-state index contributed by atoms with van der Waals surface area (Å²) >= 11 is 0. The molecule has 3 rings (SSSR count). The van der Waals surface area contributed by atoms with Crippen LogP contribution in [0, 0.1) is 53.8 Å². The molecule has 0 heteroatoms. The number of hydrogen-bond donors (Lipinski definition) is 0. The second-order valence-corrected chi connectivity index (χ2v) is 7.99. The molecule has 7 unspecified atom stereocenters. The Morgan fingerprint density at radius 1 is 0.737 bits per heavy atom. The van der Waals surface area contributed by atoms with Crippen molar-refractivity contribution in [2.45, 2.75) is 65.2 Å². The van der Waals surface area contributed by atoms with Crippen molar-refractivity contribution in [1.29, 1.82) is 0 Å². The van der Waals surface area contributed by atoms with Crippen molar-refractivity contribution in [3.05, 3.63) is 0 Å². The summed E-state index contributed by atoms with van der Waals surface area (Å²) in [7, 11) is 0. The van der Waals surface area contributed by atoms with E-state index in [1.54, 1.807) is 0 Å². The van der Waals surface area contributed by atoms with Gasteiger partial charge in [0.15, 0.2) is 0 Å². The fraction of sp³-hybridized carbons (Fsp3) is 0.895. The molecule has 106 valence electrons. The summed E-state index contributed by atoms with van der Waals surface area (Å²) in [5.74, 6) is 9.48. The third-order valence-electron chi connectivity index (χ3n) is 6.71. The van der Waals surface area contributed by atoms with Gasteiger partial charge < -0.3 is 0 Å². The van der Waals surface area contributed by atoms with E-state index in [9.17, 15) is 0 Å². The highest BCUT2D eigenvalue weighted by Crippen LogP contribution is 2.50. The third kappa shape index (κ3) is 2.72. The van der Waals surface area contributed by atoms with Gasteiger partial charge >= 0.3 is 0 Å². The van der Waals surface area contributed by atoms with Crippen molar-refractivity contribution in [2.75, 3.05) is 0 Å². The molecule has 0 spiro atoms. The normalized spacial score (nSPS) is 50.5. The molecule has 0 radical (unpaired) electrons. The largest absolute Gasteiger partial charge is 0.120 e. The minimum absolute atomic E-state index is 0.572. The highest BCUT2D eigenvalue weighted by atomic mass is 14.5. The minimum Gasteiger partial charge on any atom is -0.120 e. The molecule has 0 saturated heterocycles. The van der Waals surface area contributed by atoms with Crippen molar-refractivity contribution in [2.24, 2.45) is 41.4 Å². The van der Waals surface area contributed by atoms with Crippen LogP contribution >= 0.6 is 0 Å². The number of hydrogen-bond acceptors (Lipinski definition) is 0. The Balaban J connectivity index is 1.61. The Morgan fingerprint density at radius 3 is 2.00 bits per heavy atom. The SMILES string of the molecule is C#CC1CC2CC(C3CCC(C)C3)CCC2CC1C. The lowest BCUT2D eigenvalue weighted by molar-refractivity contribution is 0.0623. The van der Waals surface area contributed by atoms with Gasteiger partial charge in [0, 0.05) is 5.92 Å². The summed E-state index contributed by atoms with van der Waals surface area (Å²) in [6.07, 6.45) is 17.5. The van der Waals surface area contributed by atoms with E-state index in [2.05, 4.69) is 19.8 Å². The van der Waals surface area contributed by atoms with Crippen LogP contribution in [0.1, 0.15) is 65.2 Å². The first-order valence-corrected chi connectivity index (χ1v) is 8.63. The van der Waals surface area contributed by atoms with Gasteiger partial charge in [-0.3, -0.25) is 0 Å². The van der Waals surface area contributed by atoms with E-state index in [1.165, 1.54) is 51.4 Å². The molecule has 0 nitrogen and oxygen atoms in total. The molecular formula is C19H30. The quantitative estimate of drug-likeness (QED) is 0.572. The van der Waals surface area contributed by atoms with Crippen LogP contribution in [0.25, 0.3) is 0 Å². The van der Waals surface area contributed by atoms with E-state index >= 15 is 0 Å². The minimum atomic E-state index is 0.572. The maximum absolute atomic E-state index is 5.74. The van der Waals surface area contributed by atoms with E-state index in [1.807, 2.05) is 0 Å². The first-order valence-electron chi connectivity index (χ1n) is 8.63. The van der Waals surface area contributed by atoms with Crippen molar-refractivity contribution in [3.63, 3.8) is 0 Å². The van der Waals surface area contributed by atoms with Crippen LogP contribution in [0.15, 0.2) is 0 Å². The predicted octanol–water partition coefficient (Wildman–Crippen LogP) is 5.13. The van der Waals surface area contributed by atoms with Gasteiger partial charge in [-0.05, 0) is 80.5 Å². The van der Waals surface area contributed by atoms with Crippen molar-refractivity contribution < 1.29 is 0 Å². The molecule has 3 fully saturated rings. The second-order valence-electron chi connectivity index (χ2n) is 7.99. The fourth-order valence-electron chi connectivity index (χ4n) is 5.50. The molecule has 0 aromatic rings. The van der Waals surface area contributed by atoms with Crippen LogP contribution in [0.2, 0.25) is 0 Å². The van der Waals surface area contributed by atoms with Crippen LogP contribution in [0.4, 0.5) is 0 Å². The topological polar surface area (TPSA) is 0 Å². The Morgan fingerprint density at radius 2 is 1.37 bits per heavy atom. The van der Waals surface area contributed by atoms with Crippen LogP contribution in [0.3, 0.4) is 0 Å². The molecular weight excluding hydrogens is 228 g/mol. The van der Waals surface area contributed by atoms with Gasteiger partial charge in [-0.15, -0.1) is 12.3 Å². The van der Waals surface area contributed by atoms with E-state index < -0.39 is 0 Å². The zero-order chi connectivity index (χ0) is 13.4. The Bertz CT molecular complexity index is 350. The molecule has 19 heavy (non-hydrogen) atoms. The molecule has 7 atom stereocenters. The number of rotatable bonds is 1. The maximum Gasteiger partial charge on any atom is 0.0228 e. The molecule has 0 aliphatic heterocycles. The zero-order valence-corrected chi connectivity index (χ0v) is 12.8. The van der Waals surface area contributed by atoms with Crippen LogP contribution in [-0.2, 0) is 0 Å². The van der Waals surface area contributed by atoms with E-state index in [4.69, 9.17) is 6.42 Å². The summed E-state index contributed by atoms with van der Waals surface area (Å²) in [5.41, 5.74) is 0. The first-order chi connectivity index (χ1) is 9.17. The fourth-order valence-corrected chi connectivity index (χ4v) is 5.50. The average Bonchev–Trinajstić information content (AvgIpc) is 2.84. The molecule has 0 bridgehead atoms. The summed E-state index contributed by atoms with van der Waals surface area (Å²) in [6, 6.07) is 0. The maximum atomic E-state index is 5.74. The highest BCUT2D eigenvalue weighted by Gasteiger charge is 2.40. The van der Waals surface area contributed by atoms with Crippen molar-refractivity contribution in [3.8, 4) is 12.3 Å². The third-order valence-corrected chi connectivity index (χ3v) is 6.71. The monoisotopic (exact) mass is 258 g/mol. The Kier molecular flexibility index (Phi) is 3.93. The Hall–Kier alpha value is -0.440. The van der Waals surface area contributed by atoms with Crippen molar-refractivity contribution >= 4 is 0 Å². The standard InChI is InChI=1S/C19H30/c1-4-15-11-19-12-18(16-6-5-13(2)9-16)8-7-17(19)10-14(15)3/h1,13-19H,5-12H2,2-3H3. The van der Waals surface area contributed by atoms with E-state index in [-0.39, 0.29) is 0 Å². The Labute approximate surface area is 119 Å². The predicted molar refractivity (Wildman–Crippen MR) is 81.5 cm³/mol. The lowest BCUT2D eigenvalue weighted by Gasteiger charge is -2.45. The molecule has 3 aliphatic rings.